The van der Waals surface area contributed by atoms with Gasteiger partial charge in [0.15, 0.2) is 16.6 Å². The van der Waals surface area contributed by atoms with E-state index in [1.165, 1.54) is 4.90 Å². The number of ether oxygens (including phenoxy) is 2. The van der Waals surface area contributed by atoms with Crippen molar-refractivity contribution in [2.75, 3.05) is 51.1 Å². The minimum absolute atomic E-state index is 0.230. The van der Waals surface area contributed by atoms with Crippen LogP contribution in [-0.4, -0.2) is 61.9 Å². The summed E-state index contributed by atoms with van der Waals surface area (Å²) in [5, 5.41) is 0.961. The summed E-state index contributed by atoms with van der Waals surface area (Å²) < 4.78 is 12.0. The Bertz CT molecular complexity index is 1000. The van der Waals surface area contributed by atoms with Gasteiger partial charge in [0.1, 0.15) is 5.52 Å². The number of carbonyl (C=O) groups is 1. The van der Waals surface area contributed by atoms with E-state index in [9.17, 15) is 4.79 Å². The Kier molecular flexibility index (Phi) is 6.64. The number of methoxy groups -OCH3 is 2. The van der Waals surface area contributed by atoms with Crippen molar-refractivity contribution in [1.82, 2.24) is 9.88 Å². The van der Waals surface area contributed by atoms with Crippen LogP contribution in [0.3, 0.4) is 0 Å². The zero-order chi connectivity index (χ0) is 20.9. The molecule has 0 spiro atoms. The first-order valence-corrected chi connectivity index (χ1v) is 11.7. The number of fused-ring (bicyclic) bond motifs is 1. The average Bonchev–Trinajstić information content (AvgIpc) is 3.23. The lowest BCUT2D eigenvalue weighted by atomic mass is 10.3. The number of hydrogen-bond donors (Lipinski definition) is 0. The summed E-state index contributed by atoms with van der Waals surface area (Å²) in [7, 11) is 3.27. The van der Waals surface area contributed by atoms with Gasteiger partial charge in [-0.25, -0.2) is 4.98 Å². The molecule has 2 aromatic carbocycles. The van der Waals surface area contributed by atoms with E-state index in [0.717, 1.165) is 47.3 Å². The van der Waals surface area contributed by atoms with Gasteiger partial charge in [-0.1, -0.05) is 29.5 Å². The second-order valence-electron chi connectivity index (χ2n) is 6.92. The summed E-state index contributed by atoms with van der Waals surface area (Å²) in [4.78, 5) is 22.8. The van der Waals surface area contributed by atoms with Crippen molar-refractivity contribution in [3.8, 4) is 11.5 Å². The maximum absolute atomic E-state index is 12.6. The number of rotatable bonds is 7. The quantitative estimate of drug-likeness (QED) is 0.512. The van der Waals surface area contributed by atoms with Gasteiger partial charge in [0.05, 0.1) is 18.9 Å². The standard InChI is InChI=1S/C22H25N3O3S2/c1-27-17-8-9-18-20(21(17)28-2)23-22(30-18)25-13-11-24(12-14-25)19(26)10-15-29-16-6-4-3-5-7-16/h3-9H,10-15H2,1-2H3. The summed E-state index contributed by atoms with van der Waals surface area (Å²) in [6.07, 6.45) is 0.567. The molecule has 1 aliphatic rings. The highest BCUT2D eigenvalue weighted by atomic mass is 32.2. The zero-order valence-corrected chi connectivity index (χ0v) is 18.8. The molecule has 0 atom stereocenters. The van der Waals surface area contributed by atoms with E-state index in [2.05, 4.69) is 17.0 Å². The summed E-state index contributed by atoms with van der Waals surface area (Å²) in [5.41, 5.74) is 0.827. The number of nitrogens with zero attached hydrogens (tertiary/aromatic N) is 3. The van der Waals surface area contributed by atoms with Crippen molar-refractivity contribution in [1.29, 1.82) is 0 Å². The molecule has 158 valence electrons. The number of thiazole rings is 1. The van der Waals surface area contributed by atoms with Gasteiger partial charge in [0, 0.05) is 43.2 Å². The molecule has 2 heterocycles. The Morgan fingerprint density at radius 1 is 1.07 bits per heavy atom. The fraction of sp³-hybridized carbons (Fsp3) is 0.364. The molecule has 1 fully saturated rings. The van der Waals surface area contributed by atoms with Crippen LogP contribution in [0.25, 0.3) is 10.2 Å². The van der Waals surface area contributed by atoms with Crippen LogP contribution in [-0.2, 0) is 4.79 Å². The number of aromatic nitrogens is 1. The van der Waals surface area contributed by atoms with Crippen molar-refractivity contribution >= 4 is 44.4 Å². The molecule has 1 aromatic heterocycles. The Balaban J connectivity index is 1.33. The van der Waals surface area contributed by atoms with Crippen molar-refractivity contribution in [3.05, 3.63) is 42.5 Å². The molecule has 1 amide bonds. The van der Waals surface area contributed by atoms with Crippen LogP contribution in [0, 0.1) is 0 Å². The lowest BCUT2D eigenvalue weighted by molar-refractivity contribution is -0.131. The zero-order valence-electron chi connectivity index (χ0n) is 17.2. The number of hydrogen-bond acceptors (Lipinski definition) is 7. The molecule has 1 aliphatic heterocycles. The molecule has 1 saturated heterocycles. The smallest absolute Gasteiger partial charge is 0.223 e. The highest BCUT2D eigenvalue weighted by Crippen LogP contribution is 2.40. The Labute approximate surface area is 184 Å². The molecule has 30 heavy (non-hydrogen) atoms. The molecule has 0 N–H and O–H groups in total. The average molecular weight is 444 g/mol. The molecule has 6 nitrogen and oxygen atoms in total. The summed E-state index contributed by atoms with van der Waals surface area (Å²) in [6.45, 7) is 3.03. The molecule has 3 aromatic rings. The van der Waals surface area contributed by atoms with Gasteiger partial charge in [-0.15, -0.1) is 11.8 Å². The first-order chi connectivity index (χ1) is 14.7. The number of anilines is 1. The van der Waals surface area contributed by atoms with Crippen molar-refractivity contribution in [2.45, 2.75) is 11.3 Å². The normalized spacial score (nSPS) is 14.2. The van der Waals surface area contributed by atoms with Crippen LogP contribution in [0.4, 0.5) is 5.13 Å². The number of piperazine rings is 1. The maximum Gasteiger partial charge on any atom is 0.223 e. The number of thioether (sulfide) groups is 1. The van der Waals surface area contributed by atoms with E-state index < -0.39 is 0 Å². The van der Waals surface area contributed by atoms with Gasteiger partial charge in [-0.3, -0.25) is 4.79 Å². The fourth-order valence-electron chi connectivity index (χ4n) is 3.51. The maximum atomic E-state index is 12.6. The van der Waals surface area contributed by atoms with Crippen LogP contribution in [0.2, 0.25) is 0 Å². The van der Waals surface area contributed by atoms with Gasteiger partial charge >= 0.3 is 0 Å². The fourth-order valence-corrected chi connectivity index (χ4v) is 5.39. The molecular formula is C22H25N3O3S2. The molecule has 8 heteroatoms. The van der Waals surface area contributed by atoms with E-state index in [1.54, 1.807) is 37.3 Å². The molecule has 0 bridgehead atoms. The monoisotopic (exact) mass is 443 g/mol. The summed E-state index contributed by atoms with van der Waals surface area (Å²) in [5.74, 6) is 2.39. The second-order valence-corrected chi connectivity index (χ2v) is 9.10. The van der Waals surface area contributed by atoms with Crippen LogP contribution < -0.4 is 14.4 Å². The lowest BCUT2D eigenvalue weighted by Gasteiger charge is -2.34. The van der Waals surface area contributed by atoms with Gasteiger partial charge in [-0.2, -0.15) is 0 Å². The molecule has 0 saturated carbocycles. The van der Waals surface area contributed by atoms with Crippen LogP contribution in [0.15, 0.2) is 47.4 Å². The minimum Gasteiger partial charge on any atom is -0.493 e. The molecule has 0 radical (unpaired) electrons. The van der Waals surface area contributed by atoms with Crippen LogP contribution in [0.1, 0.15) is 6.42 Å². The number of benzene rings is 2. The predicted molar refractivity (Wildman–Crippen MR) is 123 cm³/mol. The van der Waals surface area contributed by atoms with E-state index in [0.29, 0.717) is 17.9 Å². The third-order valence-electron chi connectivity index (χ3n) is 5.12. The van der Waals surface area contributed by atoms with E-state index in [1.807, 2.05) is 35.2 Å². The van der Waals surface area contributed by atoms with Crippen molar-refractivity contribution in [3.63, 3.8) is 0 Å². The topological polar surface area (TPSA) is 54.9 Å². The van der Waals surface area contributed by atoms with Crippen molar-refractivity contribution < 1.29 is 14.3 Å². The molecule has 0 unspecified atom stereocenters. The highest BCUT2D eigenvalue weighted by molar-refractivity contribution is 7.99. The lowest BCUT2D eigenvalue weighted by Crippen LogP contribution is -2.48. The van der Waals surface area contributed by atoms with Gasteiger partial charge in [-0.05, 0) is 24.3 Å². The SMILES string of the molecule is COc1ccc2sc(N3CCN(C(=O)CCSc4ccccc4)CC3)nc2c1OC. The first-order valence-electron chi connectivity index (χ1n) is 9.91. The molecular weight excluding hydrogens is 418 g/mol. The highest BCUT2D eigenvalue weighted by Gasteiger charge is 2.24. The Hall–Kier alpha value is -2.45. The van der Waals surface area contributed by atoms with Gasteiger partial charge < -0.3 is 19.3 Å². The van der Waals surface area contributed by atoms with E-state index in [4.69, 9.17) is 14.5 Å². The Morgan fingerprint density at radius 2 is 1.83 bits per heavy atom. The van der Waals surface area contributed by atoms with Crippen LogP contribution in [0.5, 0.6) is 11.5 Å². The van der Waals surface area contributed by atoms with Crippen molar-refractivity contribution in [2.24, 2.45) is 0 Å². The van der Waals surface area contributed by atoms with Gasteiger partial charge in [0.25, 0.3) is 0 Å². The van der Waals surface area contributed by atoms with E-state index in [-0.39, 0.29) is 5.91 Å². The predicted octanol–water partition coefficient (Wildman–Crippen LogP) is 4.14. The number of carbonyl (C=O) groups excluding carboxylic acids is 1. The third kappa shape index (κ3) is 4.49. The van der Waals surface area contributed by atoms with E-state index >= 15 is 0 Å². The second kappa shape index (κ2) is 9.57. The minimum atomic E-state index is 0.230. The third-order valence-corrected chi connectivity index (χ3v) is 7.22. The number of amides is 1. The first kappa shape index (κ1) is 20.8. The molecule has 4 rings (SSSR count). The summed E-state index contributed by atoms with van der Waals surface area (Å²) >= 11 is 3.38. The molecule has 0 aliphatic carbocycles. The van der Waals surface area contributed by atoms with Crippen LogP contribution >= 0.6 is 23.1 Å². The van der Waals surface area contributed by atoms with Gasteiger partial charge in [0.2, 0.25) is 5.91 Å². The largest absolute Gasteiger partial charge is 0.493 e. The summed E-state index contributed by atoms with van der Waals surface area (Å²) in [6, 6.07) is 14.1. The Morgan fingerprint density at radius 3 is 2.53 bits per heavy atom.